The summed E-state index contributed by atoms with van der Waals surface area (Å²) in [6, 6.07) is 0. The smallest absolute Gasteiger partial charge is 0.289 e. The monoisotopic (exact) mass is 284 g/mol. The van der Waals surface area contributed by atoms with Crippen molar-refractivity contribution in [3.8, 4) is 0 Å². The summed E-state index contributed by atoms with van der Waals surface area (Å²) in [4.78, 5) is 10.8. The highest BCUT2D eigenvalue weighted by molar-refractivity contribution is 6.85. The highest BCUT2D eigenvalue weighted by Gasteiger charge is 2.39. The Bertz CT molecular complexity index is 486. The van der Waals surface area contributed by atoms with Gasteiger partial charge in [-0.25, -0.2) is 22.0 Å². The Kier molecular flexibility index (Phi) is 3.80. The molecule has 0 radical (unpaired) electrons. The van der Waals surface area contributed by atoms with Gasteiger partial charge in [-0.15, -0.1) is 0 Å². The van der Waals surface area contributed by atoms with E-state index in [9.17, 15) is 26.7 Å². The molecule has 0 saturated heterocycles. The van der Waals surface area contributed by atoms with Crippen LogP contribution in [-0.4, -0.2) is 14.3 Å². The molecular weight excluding hydrogens is 275 g/mol. The van der Waals surface area contributed by atoms with Gasteiger partial charge < -0.3 is 4.43 Å². The molecule has 1 aromatic carbocycles. The molecule has 0 aliphatic carbocycles. The van der Waals surface area contributed by atoms with Crippen LogP contribution in [0.15, 0.2) is 0 Å². The Morgan fingerprint density at radius 1 is 0.889 bits per heavy atom. The molecule has 0 atom stereocenters. The van der Waals surface area contributed by atoms with Crippen LogP contribution in [0.4, 0.5) is 22.0 Å². The molecule has 0 spiro atoms. The molecule has 0 unspecified atom stereocenters. The zero-order valence-electron chi connectivity index (χ0n) is 9.71. The van der Waals surface area contributed by atoms with Gasteiger partial charge in [0.25, 0.3) is 14.3 Å². The van der Waals surface area contributed by atoms with Crippen LogP contribution in [0.1, 0.15) is 6.92 Å². The van der Waals surface area contributed by atoms with Gasteiger partial charge in [-0.1, -0.05) is 0 Å². The second-order valence-corrected chi connectivity index (χ2v) is 7.77. The van der Waals surface area contributed by atoms with Gasteiger partial charge in [0.2, 0.25) is 5.82 Å². The average Bonchev–Trinajstić information content (AvgIpc) is 2.21. The van der Waals surface area contributed by atoms with Crippen molar-refractivity contribution in [1.82, 2.24) is 0 Å². The highest BCUT2D eigenvalue weighted by atomic mass is 28.4. The minimum atomic E-state index is -3.56. The van der Waals surface area contributed by atoms with Gasteiger partial charge in [0.05, 0.1) is 5.19 Å². The van der Waals surface area contributed by atoms with Crippen LogP contribution in [0, 0.1) is 29.1 Å². The van der Waals surface area contributed by atoms with Crippen molar-refractivity contribution in [2.24, 2.45) is 0 Å². The second-order valence-electron chi connectivity index (χ2n) is 4.05. The van der Waals surface area contributed by atoms with Crippen molar-refractivity contribution in [2.75, 3.05) is 0 Å². The molecule has 8 heteroatoms. The summed E-state index contributed by atoms with van der Waals surface area (Å²) in [6.45, 7) is 3.31. The fourth-order valence-corrected chi connectivity index (χ4v) is 3.64. The van der Waals surface area contributed by atoms with Gasteiger partial charge in [-0.2, -0.15) is 0 Å². The maximum atomic E-state index is 13.5. The van der Waals surface area contributed by atoms with Crippen LogP contribution in [0.5, 0.6) is 0 Å². The number of carbonyl (C=O) groups excluding carboxylic acids is 1. The minimum Gasteiger partial charge on any atom is -0.515 e. The Morgan fingerprint density at radius 3 is 1.56 bits per heavy atom. The summed E-state index contributed by atoms with van der Waals surface area (Å²) in [6.07, 6.45) is 0. The Labute approximate surface area is 100 Å². The minimum absolute atomic E-state index is 0.851. The first kappa shape index (κ1) is 14.6. The highest BCUT2D eigenvalue weighted by Crippen LogP contribution is 2.20. The molecule has 0 bridgehead atoms. The molecule has 0 aliphatic heterocycles. The summed E-state index contributed by atoms with van der Waals surface area (Å²) >= 11 is 0. The lowest BCUT2D eigenvalue weighted by atomic mass is 10.3. The van der Waals surface area contributed by atoms with Crippen LogP contribution in [-0.2, 0) is 9.22 Å². The number of carbonyl (C=O) groups is 1. The van der Waals surface area contributed by atoms with E-state index < -0.39 is 48.6 Å². The summed E-state index contributed by atoms with van der Waals surface area (Å²) in [5.41, 5.74) is 0. The quantitative estimate of drug-likeness (QED) is 0.361. The fourth-order valence-electron chi connectivity index (χ4n) is 1.54. The molecule has 1 rings (SSSR count). The van der Waals surface area contributed by atoms with E-state index in [4.69, 9.17) is 4.43 Å². The molecule has 0 aliphatic rings. The molecule has 18 heavy (non-hydrogen) atoms. The van der Waals surface area contributed by atoms with Crippen molar-refractivity contribution in [3.05, 3.63) is 29.1 Å². The van der Waals surface area contributed by atoms with Crippen molar-refractivity contribution < 1.29 is 31.2 Å². The summed E-state index contributed by atoms with van der Waals surface area (Å²) in [5.74, 6) is -11.1. The van der Waals surface area contributed by atoms with Crippen LogP contribution in [0.2, 0.25) is 13.1 Å². The maximum Gasteiger partial charge on any atom is 0.289 e. The van der Waals surface area contributed by atoms with Crippen LogP contribution < -0.4 is 5.19 Å². The first-order chi connectivity index (χ1) is 8.09. The first-order valence-electron chi connectivity index (χ1n) is 4.81. The number of halogens is 5. The SMILES string of the molecule is CC(=O)O[Si](C)(C)c1c(F)c(F)c(F)c(F)c1F. The van der Waals surface area contributed by atoms with E-state index in [2.05, 4.69) is 0 Å². The van der Waals surface area contributed by atoms with Crippen molar-refractivity contribution in [1.29, 1.82) is 0 Å². The predicted molar refractivity (Wildman–Crippen MR) is 55.1 cm³/mol. The lowest BCUT2D eigenvalue weighted by Crippen LogP contribution is -2.50. The molecule has 0 saturated carbocycles. The number of rotatable bonds is 2. The summed E-state index contributed by atoms with van der Waals surface area (Å²) in [7, 11) is -3.56. The molecule has 1 aromatic rings. The molecule has 0 fully saturated rings. The summed E-state index contributed by atoms with van der Waals surface area (Å²) < 4.78 is 70.5. The molecule has 100 valence electrons. The first-order valence-corrected chi connectivity index (χ1v) is 7.72. The van der Waals surface area contributed by atoms with Gasteiger partial charge in [-0.3, -0.25) is 4.79 Å². The lowest BCUT2D eigenvalue weighted by molar-refractivity contribution is -0.132. The Balaban J connectivity index is 3.55. The van der Waals surface area contributed by atoms with E-state index in [1.54, 1.807) is 0 Å². The van der Waals surface area contributed by atoms with E-state index in [1.807, 2.05) is 0 Å². The van der Waals surface area contributed by atoms with Gasteiger partial charge in [-0.05, 0) is 13.1 Å². The molecule has 0 amide bonds. The van der Waals surface area contributed by atoms with Gasteiger partial charge >= 0.3 is 0 Å². The van der Waals surface area contributed by atoms with Crippen molar-refractivity contribution in [3.63, 3.8) is 0 Å². The fraction of sp³-hybridized carbons (Fsp3) is 0.300. The molecular formula is C10H9F5O2Si. The van der Waals surface area contributed by atoms with Gasteiger partial charge in [0, 0.05) is 6.92 Å². The zero-order valence-corrected chi connectivity index (χ0v) is 10.7. The average molecular weight is 284 g/mol. The molecule has 0 heterocycles. The molecule has 0 aromatic heterocycles. The molecule has 0 N–H and O–H groups in total. The third-order valence-electron chi connectivity index (χ3n) is 2.21. The van der Waals surface area contributed by atoms with Gasteiger partial charge in [0.15, 0.2) is 23.3 Å². The third-order valence-corrected chi connectivity index (χ3v) is 4.65. The Hall–Kier alpha value is -1.44. The standard InChI is InChI=1S/C10H9F5O2Si/c1-4(16)17-18(2,3)10-8(14)6(12)5(11)7(13)9(10)15/h1-3H3. The van der Waals surface area contributed by atoms with Crippen LogP contribution in [0.25, 0.3) is 0 Å². The van der Waals surface area contributed by atoms with Crippen LogP contribution in [0.3, 0.4) is 0 Å². The third kappa shape index (κ3) is 2.38. The summed E-state index contributed by atoms with van der Waals surface area (Å²) in [5, 5.41) is -1.05. The number of hydrogen-bond donors (Lipinski definition) is 0. The number of hydrogen-bond acceptors (Lipinski definition) is 2. The van der Waals surface area contributed by atoms with Crippen molar-refractivity contribution >= 4 is 19.5 Å². The topological polar surface area (TPSA) is 26.3 Å². The van der Waals surface area contributed by atoms with E-state index >= 15 is 0 Å². The zero-order chi connectivity index (χ0) is 14.2. The number of benzene rings is 1. The molecule has 2 nitrogen and oxygen atoms in total. The Morgan fingerprint density at radius 2 is 1.22 bits per heavy atom. The van der Waals surface area contributed by atoms with Gasteiger partial charge in [0.1, 0.15) is 0 Å². The largest absolute Gasteiger partial charge is 0.515 e. The lowest BCUT2D eigenvalue weighted by Gasteiger charge is -2.23. The van der Waals surface area contributed by atoms with E-state index in [0.717, 1.165) is 20.0 Å². The van der Waals surface area contributed by atoms with E-state index in [-0.39, 0.29) is 0 Å². The van der Waals surface area contributed by atoms with E-state index in [0.29, 0.717) is 0 Å². The van der Waals surface area contributed by atoms with Crippen LogP contribution >= 0.6 is 0 Å². The maximum absolute atomic E-state index is 13.5. The normalized spacial score (nSPS) is 11.6. The van der Waals surface area contributed by atoms with Crippen molar-refractivity contribution in [2.45, 2.75) is 20.0 Å². The second kappa shape index (κ2) is 4.67. The predicted octanol–water partition coefficient (Wildman–Crippen LogP) is 2.36. The van der Waals surface area contributed by atoms with E-state index in [1.165, 1.54) is 0 Å².